The maximum Gasteiger partial charge on any atom is 0.237 e. The summed E-state index contributed by atoms with van der Waals surface area (Å²) in [6.45, 7) is 8.40. The number of carbonyl (C=O) groups is 1. The summed E-state index contributed by atoms with van der Waals surface area (Å²) in [7, 11) is 0. The first-order valence-corrected chi connectivity index (χ1v) is 9.93. The van der Waals surface area contributed by atoms with Gasteiger partial charge in [0.1, 0.15) is 6.04 Å². The summed E-state index contributed by atoms with van der Waals surface area (Å²) in [5, 5.41) is 19.7. The Balaban J connectivity index is 1.68. The van der Waals surface area contributed by atoms with Gasteiger partial charge in [-0.1, -0.05) is 6.92 Å². The van der Waals surface area contributed by atoms with Crippen LogP contribution in [0.1, 0.15) is 65.7 Å². The predicted molar refractivity (Wildman–Crippen MR) is 96.7 cm³/mol. The second-order valence-electron chi connectivity index (χ2n) is 9.17. The molecule has 2 bridgehead atoms. The van der Waals surface area contributed by atoms with Crippen molar-refractivity contribution in [2.24, 2.45) is 11.8 Å². The van der Waals surface area contributed by atoms with E-state index in [1.807, 2.05) is 6.92 Å². The number of hydrogen-bond donors (Lipinski definition) is 1. The van der Waals surface area contributed by atoms with Crippen molar-refractivity contribution in [2.45, 2.75) is 82.9 Å². The normalized spacial score (nSPS) is 41.0. The zero-order valence-electron chi connectivity index (χ0n) is 16.0. The van der Waals surface area contributed by atoms with Crippen molar-refractivity contribution >= 4 is 5.91 Å². The van der Waals surface area contributed by atoms with Crippen LogP contribution >= 0.6 is 0 Å². The molecule has 0 aromatic rings. The van der Waals surface area contributed by atoms with E-state index in [4.69, 9.17) is 0 Å². The molecule has 1 saturated heterocycles. The van der Waals surface area contributed by atoms with Crippen molar-refractivity contribution in [2.75, 3.05) is 19.6 Å². The maximum absolute atomic E-state index is 12.8. The summed E-state index contributed by atoms with van der Waals surface area (Å²) in [4.78, 5) is 16.9. The molecule has 3 unspecified atom stereocenters. The lowest BCUT2D eigenvalue weighted by Crippen LogP contribution is -2.57. The highest BCUT2D eigenvalue weighted by molar-refractivity contribution is 5.79. The van der Waals surface area contributed by atoms with Crippen LogP contribution in [0, 0.1) is 23.2 Å². The van der Waals surface area contributed by atoms with Crippen LogP contribution in [0.5, 0.6) is 0 Å². The summed E-state index contributed by atoms with van der Waals surface area (Å²) >= 11 is 0. The number of rotatable bonds is 4. The first-order chi connectivity index (χ1) is 11.8. The Morgan fingerprint density at radius 3 is 2.48 bits per heavy atom. The smallest absolute Gasteiger partial charge is 0.237 e. The fourth-order valence-electron chi connectivity index (χ4n) is 6.00. The molecule has 1 heterocycles. The van der Waals surface area contributed by atoms with Gasteiger partial charge >= 0.3 is 0 Å². The molecule has 1 amide bonds. The third kappa shape index (κ3) is 3.85. The van der Waals surface area contributed by atoms with Gasteiger partial charge in [-0.15, -0.1) is 0 Å². The average molecular weight is 348 g/mol. The van der Waals surface area contributed by atoms with Crippen molar-refractivity contribution in [1.82, 2.24) is 9.80 Å². The Bertz CT molecular complexity index is 538. The Morgan fingerprint density at radius 1 is 1.28 bits per heavy atom. The molecule has 3 fully saturated rings. The van der Waals surface area contributed by atoms with Gasteiger partial charge in [0, 0.05) is 12.1 Å². The number of likely N-dealkylation sites (tertiary alicyclic amines) is 1. The lowest BCUT2D eigenvalue weighted by Gasteiger charge is -2.53. The molecule has 3 rings (SSSR count). The van der Waals surface area contributed by atoms with E-state index in [2.05, 4.69) is 24.8 Å². The summed E-state index contributed by atoms with van der Waals surface area (Å²) in [5.74, 6) is 1.21. The Labute approximate surface area is 152 Å². The van der Waals surface area contributed by atoms with Crippen molar-refractivity contribution in [3.05, 3.63) is 0 Å². The minimum Gasteiger partial charge on any atom is -0.390 e. The molecule has 0 radical (unpaired) electrons. The van der Waals surface area contributed by atoms with Crippen LogP contribution in [0.25, 0.3) is 0 Å². The zero-order chi connectivity index (χ0) is 18.2. The topological polar surface area (TPSA) is 67.6 Å². The van der Waals surface area contributed by atoms with E-state index in [1.54, 1.807) is 4.90 Å². The molecule has 5 nitrogen and oxygen atoms in total. The van der Waals surface area contributed by atoms with Gasteiger partial charge < -0.3 is 10.0 Å². The van der Waals surface area contributed by atoms with Crippen molar-refractivity contribution in [3.8, 4) is 6.07 Å². The molecule has 0 spiro atoms. The highest BCUT2D eigenvalue weighted by Gasteiger charge is 2.47. The fourth-order valence-corrected chi connectivity index (χ4v) is 6.00. The van der Waals surface area contributed by atoms with Crippen LogP contribution in [-0.2, 0) is 4.79 Å². The minimum absolute atomic E-state index is 0.0242. The van der Waals surface area contributed by atoms with Gasteiger partial charge in [-0.2, -0.15) is 5.26 Å². The molecule has 140 valence electrons. The molecule has 3 aliphatic rings. The molecule has 5 heteroatoms. The number of hydrogen-bond acceptors (Lipinski definition) is 4. The third-order valence-corrected chi connectivity index (χ3v) is 6.77. The van der Waals surface area contributed by atoms with Crippen LogP contribution in [-0.4, -0.2) is 57.6 Å². The monoisotopic (exact) mass is 347 g/mol. The number of likely N-dealkylation sites (N-methyl/N-ethyl adjacent to an activating group) is 1. The number of aliphatic hydroxyl groups is 1. The zero-order valence-corrected chi connectivity index (χ0v) is 16.0. The summed E-state index contributed by atoms with van der Waals surface area (Å²) in [6.07, 6.45) is 6.85. The van der Waals surface area contributed by atoms with E-state index >= 15 is 0 Å². The van der Waals surface area contributed by atoms with Crippen LogP contribution in [0.15, 0.2) is 0 Å². The molecule has 1 N–H and O–H groups in total. The Morgan fingerprint density at radius 2 is 1.92 bits per heavy atom. The lowest BCUT2D eigenvalue weighted by atomic mass is 9.61. The second-order valence-corrected chi connectivity index (χ2v) is 9.17. The lowest BCUT2D eigenvalue weighted by molar-refractivity contribution is -0.136. The van der Waals surface area contributed by atoms with Gasteiger partial charge in [0.2, 0.25) is 5.91 Å². The first-order valence-electron chi connectivity index (χ1n) is 9.93. The third-order valence-electron chi connectivity index (χ3n) is 6.77. The Kier molecular flexibility index (Phi) is 5.14. The van der Waals surface area contributed by atoms with Crippen molar-refractivity contribution < 1.29 is 9.90 Å². The highest BCUT2D eigenvalue weighted by atomic mass is 16.3. The van der Waals surface area contributed by atoms with Gasteiger partial charge in [-0.3, -0.25) is 9.69 Å². The number of nitrogens with zero attached hydrogens (tertiary/aromatic N) is 3. The quantitative estimate of drug-likeness (QED) is 0.848. The predicted octanol–water partition coefficient (Wildman–Crippen LogP) is 2.54. The first kappa shape index (κ1) is 18.7. The van der Waals surface area contributed by atoms with Gasteiger partial charge in [0.05, 0.1) is 18.2 Å². The van der Waals surface area contributed by atoms with E-state index in [9.17, 15) is 15.2 Å². The largest absolute Gasteiger partial charge is 0.390 e. The fraction of sp³-hybridized carbons (Fsp3) is 0.900. The van der Waals surface area contributed by atoms with Crippen LogP contribution < -0.4 is 0 Å². The standard InChI is InChI=1S/C20H33N3O2/c1-4-22(14-18(24)23-7-5-6-17(23)13-21)19(2)9-15-8-16(10-19)12-20(3,25)11-15/h15-17,25H,4-12,14H2,1-3H3. The summed E-state index contributed by atoms with van der Waals surface area (Å²) < 4.78 is 0. The van der Waals surface area contributed by atoms with Crippen molar-refractivity contribution in [3.63, 3.8) is 0 Å². The van der Waals surface area contributed by atoms with E-state index in [0.29, 0.717) is 18.4 Å². The molecule has 0 aromatic carbocycles. The van der Waals surface area contributed by atoms with E-state index in [-0.39, 0.29) is 17.5 Å². The summed E-state index contributed by atoms with van der Waals surface area (Å²) in [5.41, 5.74) is -0.492. The van der Waals surface area contributed by atoms with Gasteiger partial charge in [0.25, 0.3) is 0 Å². The SMILES string of the molecule is CCN(CC(=O)N1CCCC1C#N)C1(C)CC2CC(CC(C)(O)C2)C1. The number of nitriles is 1. The minimum atomic E-state index is -0.517. The number of carbonyl (C=O) groups excluding carboxylic acids is 1. The molecule has 1 aliphatic heterocycles. The number of fused-ring (bicyclic) bond motifs is 2. The summed E-state index contributed by atoms with van der Waals surface area (Å²) in [6, 6.07) is 2.04. The molecular weight excluding hydrogens is 314 g/mol. The highest BCUT2D eigenvalue weighted by Crippen LogP contribution is 2.49. The van der Waals surface area contributed by atoms with Crippen LogP contribution in [0.4, 0.5) is 0 Å². The molecule has 2 aliphatic carbocycles. The van der Waals surface area contributed by atoms with E-state index in [0.717, 1.165) is 51.6 Å². The van der Waals surface area contributed by atoms with Crippen LogP contribution in [0.3, 0.4) is 0 Å². The number of amides is 1. The van der Waals surface area contributed by atoms with Crippen molar-refractivity contribution in [1.29, 1.82) is 5.26 Å². The average Bonchev–Trinajstić information content (AvgIpc) is 2.98. The van der Waals surface area contributed by atoms with Gasteiger partial charge in [-0.25, -0.2) is 0 Å². The maximum atomic E-state index is 12.8. The molecule has 3 atom stereocenters. The van der Waals surface area contributed by atoms with Gasteiger partial charge in [-0.05, 0) is 77.2 Å². The molecule has 25 heavy (non-hydrogen) atoms. The van der Waals surface area contributed by atoms with E-state index < -0.39 is 5.60 Å². The van der Waals surface area contributed by atoms with Gasteiger partial charge in [0.15, 0.2) is 0 Å². The van der Waals surface area contributed by atoms with Crippen LogP contribution in [0.2, 0.25) is 0 Å². The van der Waals surface area contributed by atoms with E-state index in [1.165, 1.54) is 6.42 Å². The molecule has 2 saturated carbocycles. The Hall–Kier alpha value is -1.12. The molecule has 0 aromatic heterocycles. The molecular formula is C20H33N3O2. The second kappa shape index (κ2) is 6.89.